The van der Waals surface area contributed by atoms with E-state index in [0.717, 1.165) is 58.3 Å². The quantitative estimate of drug-likeness (QED) is 0.393. The average molecular weight is 555 g/mol. The largest absolute Gasteiger partial charge is 0.372 e. The Balaban J connectivity index is 1.05. The van der Waals surface area contributed by atoms with Crippen molar-refractivity contribution in [2.45, 2.75) is 95.2 Å². The fourth-order valence-electron chi connectivity index (χ4n) is 8.49. The van der Waals surface area contributed by atoms with Crippen molar-refractivity contribution in [1.82, 2.24) is 14.7 Å². The highest BCUT2D eigenvalue weighted by Gasteiger charge is 2.59. The number of hydrogen-bond acceptors (Lipinski definition) is 4. The molecule has 0 atom stereocenters. The number of fused-ring (bicyclic) bond motifs is 1. The molecule has 3 aliphatic heterocycles. The fraction of sp³-hybridized carbons (Fsp3) is 0.600. The summed E-state index contributed by atoms with van der Waals surface area (Å²) in [6.07, 6.45) is 13.2. The van der Waals surface area contributed by atoms with Gasteiger partial charge in [0.2, 0.25) is 0 Å². The fourth-order valence-corrected chi connectivity index (χ4v) is 8.49. The molecule has 0 aromatic heterocycles. The van der Waals surface area contributed by atoms with Gasteiger partial charge in [0.15, 0.2) is 0 Å². The van der Waals surface area contributed by atoms with E-state index in [2.05, 4.69) is 63.2 Å². The molecule has 41 heavy (non-hydrogen) atoms. The minimum Gasteiger partial charge on any atom is -0.372 e. The van der Waals surface area contributed by atoms with E-state index in [0.29, 0.717) is 5.92 Å². The van der Waals surface area contributed by atoms with Crippen LogP contribution in [0.2, 0.25) is 0 Å². The molecule has 3 saturated heterocycles. The van der Waals surface area contributed by atoms with E-state index in [9.17, 15) is 9.59 Å². The molecule has 218 valence electrons. The summed E-state index contributed by atoms with van der Waals surface area (Å²) >= 11 is 0. The van der Waals surface area contributed by atoms with Gasteiger partial charge in [-0.2, -0.15) is 0 Å². The van der Waals surface area contributed by atoms with Gasteiger partial charge in [-0.1, -0.05) is 68.5 Å². The van der Waals surface area contributed by atoms with Crippen LogP contribution in [0.5, 0.6) is 0 Å². The van der Waals surface area contributed by atoms with Crippen LogP contribution in [0.25, 0.3) is 0 Å². The third kappa shape index (κ3) is 5.17. The van der Waals surface area contributed by atoms with E-state index in [1.807, 2.05) is 0 Å². The number of hydrogen-bond donors (Lipinski definition) is 0. The number of carbonyl (C=O) groups excluding carboxylic acids is 2. The first-order chi connectivity index (χ1) is 20.1. The van der Waals surface area contributed by atoms with Gasteiger partial charge in [-0.3, -0.25) is 14.6 Å². The average Bonchev–Trinajstić information content (AvgIpc) is 3.73. The second kappa shape index (κ2) is 11.4. The summed E-state index contributed by atoms with van der Waals surface area (Å²) < 4.78 is 0. The first-order valence-electron chi connectivity index (χ1n) is 16.4. The lowest BCUT2D eigenvalue weighted by Gasteiger charge is -2.42. The van der Waals surface area contributed by atoms with Gasteiger partial charge < -0.3 is 9.80 Å². The number of benzene rings is 2. The van der Waals surface area contributed by atoms with Gasteiger partial charge in [-0.15, -0.1) is 0 Å². The number of nitrogens with zero attached hydrogens (tertiary/aromatic N) is 4. The summed E-state index contributed by atoms with van der Waals surface area (Å²) in [6, 6.07) is 17.5. The van der Waals surface area contributed by atoms with Crippen LogP contribution in [-0.2, 0) is 24.2 Å². The van der Waals surface area contributed by atoms with Crippen molar-refractivity contribution < 1.29 is 9.59 Å². The smallest absolute Gasteiger partial charge is 0.327 e. The minimum absolute atomic E-state index is 0.0189. The summed E-state index contributed by atoms with van der Waals surface area (Å²) in [7, 11) is 0. The Kier molecular flexibility index (Phi) is 7.53. The number of urea groups is 1. The van der Waals surface area contributed by atoms with E-state index in [4.69, 9.17) is 0 Å². The van der Waals surface area contributed by atoms with Gasteiger partial charge in [0.1, 0.15) is 5.54 Å². The molecule has 3 heterocycles. The molecule has 5 aliphatic rings. The van der Waals surface area contributed by atoms with Gasteiger partial charge in [-0.25, -0.2) is 4.79 Å². The van der Waals surface area contributed by atoms with Crippen LogP contribution in [0.4, 0.5) is 10.5 Å². The lowest BCUT2D eigenvalue weighted by Crippen LogP contribution is -2.57. The van der Waals surface area contributed by atoms with E-state index >= 15 is 0 Å². The summed E-state index contributed by atoms with van der Waals surface area (Å²) in [6.45, 7) is 5.67. The van der Waals surface area contributed by atoms with Crippen LogP contribution in [0.1, 0.15) is 80.9 Å². The predicted octanol–water partition coefficient (Wildman–Crippen LogP) is 6.02. The lowest BCUT2D eigenvalue weighted by atomic mass is 9.83. The molecule has 7 rings (SSSR count). The normalized spacial score (nSPS) is 23.8. The molecule has 2 aliphatic carbocycles. The first-order valence-corrected chi connectivity index (χ1v) is 16.4. The Hall–Kier alpha value is -2.86. The molecular formula is C35H46N4O2. The Bertz CT molecular complexity index is 1210. The number of likely N-dealkylation sites (tertiary alicyclic amines) is 1. The number of anilines is 1. The molecule has 0 N–H and O–H groups in total. The number of amides is 3. The van der Waals surface area contributed by atoms with Crippen molar-refractivity contribution in [2.75, 3.05) is 37.6 Å². The van der Waals surface area contributed by atoms with E-state index in [-0.39, 0.29) is 18.0 Å². The third-order valence-electron chi connectivity index (χ3n) is 10.9. The van der Waals surface area contributed by atoms with Crippen LogP contribution in [-0.4, -0.2) is 70.9 Å². The molecule has 0 unspecified atom stereocenters. The van der Waals surface area contributed by atoms with Crippen molar-refractivity contribution in [3.05, 3.63) is 65.2 Å². The van der Waals surface area contributed by atoms with Crippen molar-refractivity contribution in [2.24, 2.45) is 5.92 Å². The SMILES string of the molecule is O=C1N(C2Cc3ccccc3C2)C(=O)C2(CCN(Cc3ccc(N4CCCC4)cc3)CC2)N1CCC1CCCCC1. The Morgan fingerprint density at radius 3 is 2.07 bits per heavy atom. The van der Waals surface area contributed by atoms with Gasteiger partial charge in [-0.05, 0) is 79.7 Å². The second-order valence-electron chi connectivity index (χ2n) is 13.4. The highest BCUT2D eigenvalue weighted by atomic mass is 16.2. The monoisotopic (exact) mass is 554 g/mol. The van der Waals surface area contributed by atoms with Crippen LogP contribution >= 0.6 is 0 Å². The van der Waals surface area contributed by atoms with Crippen LogP contribution in [0.3, 0.4) is 0 Å². The van der Waals surface area contributed by atoms with E-state index < -0.39 is 5.54 Å². The number of rotatable bonds is 7. The van der Waals surface area contributed by atoms with Crippen molar-refractivity contribution in [3.8, 4) is 0 Å². The third-order valence-corrected chi connectivity index (χ3v) is 10.9. The topological polar surface area (TPSA) is 47.1 Å². The molecule has 0 radical (unpaired) electrons. The Morgan fingerprint density at radius 1 is 0.756 bits per heavy atom. The van der Waals surface area contributed by atoms with Gasteiger partial charge in [0.25, 0.3) is 5.91 Å². The highest BCUT2D eigenvalue weighted by molar-refractivity contribution is 6.07. The lowest BCUT2D eigenvalue weighted by molar-refractivity contribution is -0.137. The van der Waals surface area contributed by atoms with Crippen LogP contribution in [0, 0.1) is 5.92 Å². The molecule has 3 amide bonds. The molecule has 1 saturated carbocycles. The molecular weight excluding hydrogens is 508 g/mol. The van der Waals surface area contributed by atoms with Crippen molar-refractivity contribution in [1.29, 1.82) is 0 Å². The standard InChI is InChI=1S/C35H46N4O2/c40-33-35(17-22-36(23-18-35)26-28-12-14-31(15-13-28)37-19-6-7-20-37)38(21-16-27-8-2-1-3-9-27)34(41)39(33)32-24-29-10-4-5-11-30(29)25-32/h4-5,10-15,27,32H,1-3,6-9,16-26H2. The second-order valence-corrected chi connectivity index (χ2v) is 13.4. The number of imide groups is 1. The summed E-state index contributed by atoms with van der Waals surface area (Å²) in [5.74, 6) is 0.774. The number of carbonyl (C=O) groups is 2. The van der Waals surface area contributed by atoms with Gasteiger partial charge in [0.05, 0.1) is 0 Å². The maximum Gasteiger partial charge on any atom is 0.327 e. The van der Waals surface area contributed by atoms with E-state index in [1.165, 1.54) is 80.4 Å². The zero-order chi connectivity index (χ0) is 27.8. The summed E-state index contributed by atoms with van der Waals surface area (Å²) in [4.78, 5) is 37.2. The molecule has 0 bridgehead atoms. The molecule has 2 aromatic rings. The first kappa shape index (κ1) is 27.0. The van der Waals surface area contributed by atoms with E-state index in [1.54, 1.807) is 4.90 Å². The molecule has 2 aromatic carbocycles. The molecule has 6 heteroatoms. The maximum atomic E-state index is 14.4. The Morgan fingerprint density at radius 2 is 1.41 bits per heavy atom. The Labute approximate surface area is 245 Å². The van der Waals surface area contributed by atoms with Gasteiger partial charge >= 0.3 is 6.03 Å². The van der Waals surface area contributed by atoms with Crippen LogP contribution < -0.4 is 4.90 Å². The van der Waals surface area contributed by atoms with Crippen LogP contribution in [0.15, 0.2) is 48.5 Å². The molecule has 1 spiro atoms. The highest BCUT2D eigenvalue weighted by Crippen LogP contribution is 2.41. The summed E-state index contributed by atoms with van der Waals surface area (Å²) in [5, 5.41) is 0. The van der Waals surface area contributed by atoms with Crippen molar-refractivity contribution >= 4 is 17.6 Å². The minimum atomic E-state index is -0.670. The molecule has 6 nitrogen and oxygen atoms in total. The maximum absolute atomic E-state index is 14.4. The molecule has 4 fully saturated rings. The predicted molar refractivity (Wildman–Crippen MR) is 163 cm³/mol. The zero-order valence-corrected chi connectivity index (χ0v) is 24.6. The summed E-state index contributed by atoms with van der Waals surface area (Å²) in [5.41, 5.74) is 4.58. The number of piperidine rings is 1. The zero-order valence-electron chi connectivity index (χ0n) is 24.6. The van der Waals surface area contributed by atoms with Gasteiger partial charge in [0, 0.05) is 51.0 Å². The van der Waals surface area contributed by atoms with Crippen molar-refractivity contribution in [3.63, 3.8) is 0 Å².